The van der Waals surface area contributed by atoms with E-state index in [1.807, 2.05) is 11.8 Å². The number of hydrogen-bond donors (Lipinski definition) is 2. The van der Waals surface area contributed by atoms with Crippen molar-refractivity contribution in [2.45, 2.75) is 49.6 Å². The van der Waals surface area contributed by atoms with E-state index in [0.717, 1.165) is 19.5 Å². The van der Waals surface area contributed by atoms with Crippen LogP contribution in [0.3, 0.4) is 0 Å². The highest BCUT2D eigenvalue weighted by molar-refractivity contribution is 8.00. The molecule has 0 amide bonds. The van der Waals surface area contributed by atoms with Crippen LogP contribution in [0.5, 0.6) is 0 Å². The molecule has 0 radical (unpaired) electrons. The van der Waals surface area contributed by atoms with Gasteiger partial charge >= 0.3 is 5.97 Å². The lowest BCUT2D eigenvalue weighted by Crippen LogP contribution is -2.37. The zero-order chi connectivity index (χ0) is 12.3. The molecule has 2 heterocycles. The first-order chi connectivity index (χ1) is 8.09. The summed E-state index contributed by atoms with van der Waals surface area (Å²) in [6.45, 7) is 4.07. The third kappa shape index (κ3) is 3.60. The van der Waals surface area contributed by atoms with Gasteiger partial charge in [-0.1, -0.05) is 0 Å². The van der Waals surface area contributed by atoms with Crippen molar-refractivity contribution < 1.29 is 14.6 Å². The molecule has 0 spiro atoms. The quantitative estimate of drug-likeness (QED) is 0.783. The maximum Gasteiger partial charge on any atom is 0.332 e. The van der Waals surface area contributed by atoms with Crippen LogP contribution < -0.4 is 5.32 Å². The molecular formula is C12H21NO3S. The Bertz CT molecular complexity index is 279. The summed E-state index contributed by atoms with van der Waals surface area (Å²) in [5.41, 5.74) is 0. The summed E-state index contributed by atoms with van der Waals surface area (Å²) in [6.07, 6.45) is 3.57. The highest BCUT2D eigenvalue weighted by Crippen LogP contribution is 2.37. The van der Waals surface area contributed by atoms with Gasteiger partial charge in [0.1, 0.15) is 0 Å². The SMILES string of the molecule is CC1(CNCC2CCC(C(=O)O)O2)CCCS1. The van der Waals surface area contributed by atoms with Gasteiger partial charge in [-0.2, -0.15) is 11.8 Å². The molecular weight excluding hydrogens is 238 g/mol. The van der Waals surface area contributed by atoms with E-state index in [2.05, 4.69) is 12.2 Å². The minimum atomic E-state index is -0.828. The monoisotopic (exact) mass is 259 g/mol. The minimum absolute atomic E-state index is 0.0751. The lowest BCUT2D eigenvalue weighted by Gasteiger charge is -2.24. The van der Waals surface area contributed by atoms with Crippen molar-refractivity contribution in [2.75, 3.05) is 18.8 Å². The maximum atomic E-state index is 10.7. The van der Waals surface area contributed by atoms with Crippen molar-refractivity contribution in [1.82, 2.24) is 5.32 Å². The van der Waals surface area contributed by atoms with E-state index in [9.17, 15) is 4.79 Å². The van der Waals surface area contributed by atoms with Gasteiger partial charge < -0.3 is 15.2 Å². The maximum absolute atomic E-state index is 10.7. The molecule has 2 rings (SSSR count). The number of ether oxygens (including phenoxy) is 1. The molecule has 4 nitrogen and oxygen atoms in total. The van der Waals surface area contributed by atoms with E-state index in [4.69, 9.17) is 9.84 Å². The third-order valence-corrected chi connectivity index (χ3v) is 5.09. The summed E-state index contributed by atoms with van der Waals surface area (Å²) in [7, 11) is 0. The fraction of sp³-hybridized carbons (Fsp3) is 0.917. The second-order valence-corrected chi connectivity index (χ2v) is 6.88. The van der Waals surface area contributed by atoms with Crippen molar-refractivity contribution >= 4 is 17.7 Å². The number of carboxylic acid groups (broad SMARTS) is 1. The summed E-state index contributed by atoms with van der Waals surface area (Å²) in [6, 6.07) is 0. The average Bonchev–Trinajstić information content (AvgIpc) is 2.88. The smallest absolute Gasteiger partial charge is 0.332 e. The van der Waals surface area contributed by atoms with E-state index in [1.165, 1.54) is 18.6 Å². The van der Waals surface area contributed by atoms with Crippen LogP contribution in [0.2, 0.25) is 0 Å². The van der Waals surface area contributed by atoms with Gasteiger partial charge in [0, 0.05) is 17.8 Å². The molecule has 0 aromatic carbocycles. The van der Waals surface area contributed by atoms with Crippen LogP contribution >= 0.6 is 11.8 Å². The predicted molar refractivity (Wildman–Crippen MR) is 68.5 cm³/mol. The molecule has 0 aromatic rings. The Labute approximate surface area is 106 Å². The molecule has 0 aliphatic carbocycles. The van der Waals surface area contributed by atoms with Crippen LogP contribution in [-0.2, 0) is 9.53 Å². The van der Waals surface area contributed by atoms with Crippen molar-refractivity contribution in [1.29, 1.82) is 0 Å². The summed E-state index contributed by atoms with van der Waals surface area (Å²) in [4.78, 5) is 10.7. The van der Waals surface area contributed by atoms with Gasteiger partial charge in [0.25, 0.3) is 0 Å². The van der Waals surface area contributed by atoms with Gasteiger partial charge in [0.15, 0.2) is 6.10 Å². The molecule has 5 heteroatoms. The number of rotatable bonds is 5. The van der Waals surface area contributed by atoms with E-state index in [0.29, 0.717) is 11.2 Å². The van der Waals surface area contributed by atoms with E-state index < -0.39 is 12.1 Å². The predicted octanol–water partition coefficient (Wildman–Crippen LogP) is 1.49. The van der Waals surface area contributed by atoms with Crippen molar-refractivity contribution in [2.24, 2.45) is 0 Å². The van der Waals surface area contributed by atoms with Crippen LogP contribution in [0.15, 0.2) is 0 Å². The number of hydrogen-bond acceptors (Lipinski definition) is 4. The molecule has 3 atom stereocenters. The summed E-state index contributed by atoms with van der Waals surface area (Å²) >= 11 is 2.04. The largest absolute Gasteiger partial charge is 0.479 e. The molecule has 3 unspecified atom stereocenters. The topological polar surface area (TPSA) is 58.6 Å². The molecule has 17 heavy (non-hydrogen) atoms. The van der Waals surface area contributed by atoms with Gasteiger partial charge in [-0.05, 0) is 38.4 Å². The second kappa shape index (κ2) is 5.59. The lowest BCUT2D eigenvalue weighted by atomic mass is 10.1. The van der Waals surface area contributed by atoms with Gasteiger partial charge in [0.2, 0.25) is 0 Å². The van der Waals surface area contributed by atoms with Crippen LogP contribution in [0.25, 0.3) is 0 Å². The van der Waals surface area contributed by atoms with E-state index in [1.54, 1.807) is 0 Å². The number of carbonyl (C=O) groups is 1. The molecule has 2 aliphatic heterocycles. The number of carboxylic acids is 1. The Morgan fingerprint density at radius 3 is 3.00 bits per heavy atom. The van der Waals surface area contributed by atoms with E-state index >= 15 is 0 Å². The Morgan fingerprint density at radius 2 is 2.41 bits per heavy atom. The third-order valence-electron chi connectivity index (χ3n) is 3.55. The first kappa shape index (κ1) is 13.2. The lowest BCUT2D eigenvalue weighted by molar-refractivity contribution is -0.149. The normalized spacial score (nSPS) is 37.5. The van der Waals surface area contributed by atoms with Crippen LogP contribution in [0.4, 0.5) is 0 Å². The van der Waals surface area contributed by atoms with Crippen molar-refractivity contribution in [3.8, 4) is 0 Å². The summed E-state index contributed by atoms with van der Waals surface area (Å²) in [5, 5.41) is 12.3. The first-order valence-electron chi connectivity index (χ1n) is 6.32. The van der Waals surface area contributed by atoms with Gasteiger partial charge in [-0.25, -0.2) is 4.79 Å². The molecule has 2 fully saturated rings. The number of nitrogens with one attached hydrogen (secondary N) is 1. The molecule has 2 N–H and O–H groups in total. The summed E-state index contributed by atoms with van der Waals surface area (Å²) < 4.78 is 5.82. The molecule has 0 saturated carbocycles. The van der Waals surface area contributed by atoms with Crippen molar-refractivity contribution in [3.05, 3.63) is 0 Å². The van der Waals surface area contributed by atoms with Crippen LogP contribution in [0, 0.1) is 0 Å². The standard InChI is InChI=1S/C12H21NO3S/c1-12(5-2-6-17-12)8-13-7-9-3-4-10(16-9)11(14)15/h9-10,13H,2-8H2,1H3,(H,14,15). The molecule has 98 valence electrons. The Kier molecular flexibility index (Phi) is 4.33. The number of aliphatic carboxylic acids is 1. The van der Waals surface area contributed by atoms with Crippen LogP contribution in [-0.4, -0.2) is 46.9 Å². The minimum Gasteiger partial charge on any atom is -0.479 e. The second-order valence-electron chi connectivity index (χ2n) is 5.20. The molecule has 0 aromatic heterocycles. The average molecular weight is 259 g/mol. The highest BCUT2D eigenvalue weighted by Gasteiger charge is 2.32. The van der Waals surface area contributed by atoms with Crippen LogP contribution in [0.1, 0.15) is 32.6 Å². The first-order valence-corrected chi connectivity index (χ1v) is 7.31. The zero-order valence-electron chi connectivity index (χ0n) is 10.3. The molecule has 0 bridgehead atoms. The van der Waals surface area contributed by atoms with Gasteiger partial charge in [-0.15, -0.1) is 0 Å². The Balaban J connectivity index is 1.64. The molecule has 2 saturated heterocycles. The number of thioether (sulfide) groups is 1. The van der Waals surface area contributed by atoms with Gasteiger partial charge in [0.05, 0.1) is 6.10 Å². The fourth-order valence-electron chi connectivity index (χ4n) is 2.51. The van der Waals surface area contributed by atoms with E-state index in [-0.39, 0.29) is 6.10 Å². The summed E-state index contributed by atoms with van der Waals surface area (Å²) in [5.74, 6) is 0.435. The zero-order valence-corrected chi connectivity index (χ0v) is 11.1. The molecule has 2 aliphatic rings. The highest BCUT2D eigenvalue weighted by atomic mass is 32.2. The Morgan fingerprint density at radius 1 is 1.59 bits per heavy atom. The fourth-order valence-corrected chi connectivity index (χ4v) is 3.79. The Hall–Kier alpha value is -0.260. The van der Waals surface area contributed by atoms with Crippen molar-refractivity contribution in [3.63, 3.8) is 0 Å². The van der Waals surface area contributed by atoms with Gasteiger partial charge in [-0.3, -0.25) is 0 Å².